The molecule has 0 unspecified atom stereocenters. The molecule has 0 aliphatic carbocycles. The minimum atomic E-state index is -0.304. The van der Waals surface area contributed by atoms with E-state index in [1.54, 1.807) is 0 Å². The number of carbonyl (C=O) groups is 2. The van der Waals surface area contributed by atoms with Gasteiger partial charge in [0.15, 0.2) is 0 Å². The smallest absolute Gasteiger partial charge is 0.319 e. The molecule has 3 amide bonds. The Balaban J connectivity index is 2.25. The molecule has 104 valence electrons. The number of benzene rings is 1. The molecule has 19 heavy (non-hydrogen) atoms. The van der Waals surface area contributed by atoms with E-state index in [0.29, 0.717) is 6.54 Å². The Morgan fingerprint density at radius 3 is 2.37 bits per heavy atom. The quantitative estimate of drug-likeness (QED) is 0.760. The molecule has 1 rings (SSSR count). The van der Waals surface area contributed by atoms with E-state index < -0.39 is 0 Å². The zero-order valence-corrected chi connectivity index (χ0v) is 11.6. The summed E-state index contributed by atoms with van der Waals surface area (Å²) in [5.41, 5.74) is 1.87. The predicted molar refractivity (Wildman–Crippen MR) is 76.1 cm³/mol. The van der Waals surface area contributed by atoms with Gasteiger partial charge >= 0.3 is 6.03 Å². The van der Waals surface area contributed by atoms with Crippen LogP contribution in [0.2, 0.25) is 0 Å². The third-order valence-electron chi connectivity index (χ3n) is 2.40. The van der Waals surface area contributed by atoms with Gasteiger partial charge in [-0.05, 0) is 32.9 Å². The molecule has 0 aromatic heterocycles. The van der Waals surface area contributed by atoms with Gasteiger partial charge in [0.05, 0.1) is 0 Å². The summed E-state index contributed by atoms with van der Waals surface area (Å²) in [5, 5.41) is 8.10. The molecule has 0 saturated carbocycles. The molecule has 0 atom stereocenters. The van der Waals surface area contributed by atoms with Crippen LogP contribution in [0, 0.1) is 6.92 Å². The summed E-state index contributed by atoms with van der Waals surface area (Å²) in [6, 6.07) is 7.33. The summed E-state index contributed by atoms with van der Waals surface area (Å²) in [6.45, 7) is 6.10. The minimum Gasteiger partial charge on any atom is -0.354 e. The highest BCUT2D eigenvalue weighted by atomic mass is 16.2. The van der Waals surface area contributed by atoms with Crippen molar-refractivity contribution >= 4 is 17.6 Å². The van der Waals surface area contributed by atoms with Gasteiger partial charge in [-0.15, -0.1) is 0 Å². The second kappa shape index (κ2) is 7.41. The first-order valence-corrected chi connectivity index (χ1v) is 6.38. The average Bonchev–Trinajstić information content (AvgIpc) is 2.31. The summed E-state index contributed by atoms with van der Waals surface area (Å²) in [4.78, 5) is 22.9. The molecule has 3 N–H and O–H groups in total. The molecular formula is C14H21N3O2. The lowest BCUT2D eigenvalue weighted by atomic mass is 10.2. The van der Waals surface area contributed by atoms with Crippen LogP contribution in [-0.2, 0) is 4.79 Å². The number of nitrogens with one attached hydrogen (secondary N) is 3. The van der Waals surface area contributed by atoms with Crippen molar-refractivity contribution in [2.75, 3.05) is 11.9 Å². The monoisotopic (exact) mass is 263 g/mol. The van der Waals surface area contributed by atoms with Crippen LogP contribution in [0.3, 0.4) is 0 Å². The van der Waals surface area contributed by atoms with Crippen LogP contribution in [-0.4, -0.2) is 24.5 Å². The van der Waals surface area contributed by atoms with Crippen LogP contribution >= 0.6 is 0 Å². The summed E-state index contributed by atoms with van der Waals surface area (Å²) < 4.78 is 0. The number of aryl methyl sites for hydroxylation is 1. The predicted octanol–water partition coefficient (Wildman–Crippen LogP) is 2.03. The summed E-state index contributed by atoms with van der Waals surface area (Å²) >= 11 is 0. The van der Waals surface area contributed by atoms with Crippen LogP contribution < -0.4 is 16.0 Å². The van der Waals surface area contributed by atoms with Crippen molar-refractivity contribution in [1.82, 2.24) is 10.6 Å². The zero-order valence-electron chi connectivity index (χ0n) is 11.6. The summed E-state index contributed by atoms with van der Waals surface area (Å²) in [6.07, 6.45) is 0.277. The third kappa shape index (κ3) is 6.45. The standard InChI is InChI=1S/C14H21N3O2/c1-10(2)16-13(18)8-9-15-14(19)17-12-6-4-11(3)5-7-12/h4-7,10H,8-9H2,1-3H3,(H,16,18)(H2,15,17,19). The lowest BCUT2D eigenvalue weighted by molar-refractivity contribution is -0.121. The molecule has 1 aromatic carbocycles. The van der Waals surface area contributed by atoms with Crippen LogP contribution in [0.5, 0.6) is 0 Å². The average molecular weight is 263 g/mol. The summed E-state index contributed by atoms with van der Waals surface area (Å²) in [7, 11) is 0. The maximum absolute atomic E-state index is 11.5. The van der Waals surface area contributed by atoms with E-state index in [2.05, 4.69) is 16.0 Å². The van der Waals surface area contributed by atoms with E-state index in [1.165, 1.54) is 0 Å². The molecule has 5 heteroatoms. The molecule has 0 saturated heterocycles. The number of rotatable bonds is 5. The molecule has 0 fully saturated rings. The number of hydrogen-bond acceptors (Lipinski definition) is 2. The van der Waals surface area contributed by atoms with Crippen LogP contribution in [0.25, 0.3) is 0 Å². The Morgan fingerprint density at radius 2 is 1.79 bits per heavy atom. The van der Waals surface area contributed by atoms with Gasteiger partial charge in [0, 0.05) is 24.7 Å². The first-order valence-electron chi connectivity index (χ1n) is 6.38. The number of carbonyl (C=O) groups excluding carboxylic acids is 2. The fourth-order valence-electron chi connectivity index (χ4n) is 1.50. The van der Waals surface area contributed by atoms with E-state index in [0.717, 1.165) is 11.3 Å². The highest BCUT2D eigenvalue weighted by Crippen LogP contribution is 2.07. The first-order chi connectivity index (χ1) is 8.97. The maximum atomic E-state index is 11.5. The van der Waals surface area contributed by atoms with E-state index >= 15 is 0 Å². The molecular weight excluding hydrogens is 242 g/mol. The summed E-state index contributed by atoms with van der Waals surface area (Å²) in [5.74, 6) is -0.0642. The Bertz CT molecular complexity index is 427. The van der Waals surface area contributed by atoms with Crippen molar-refractivity contribution in [3.05, 3.63) is 29.8 Å². The second-order valence-corrected chi connectivity index (χ2v) is 4.72. The van der Waals surface area contributed by atoms with Crippen molar-refractivity contribution in [2.24, 2.45) is 0 Å². The van der Waals surface area contributed by atoms with Gasteiger partial charge in [0.25, 0.3) is 0 Å². The molecule has 0 aliphatic rings. The van der Waals surface area contributed by atoms with Crippen molar-refractivity contribution < 1.29 is 9.59 Å². The Morgan fingerprint density at radius 1 is 1.16 bits per heavy atom. The van der Waals surface area contributed by atoms with Crippen LogP contribution in [0.1, 0.15) is 25.8 Å². The van der Waals surface area contributed by atoms with Gasteiger partial charge in [-0.2, -0.15) is 0 Å². The molecule has 0 bridgehead atoms. The topological polar surface area (TPSA) is 70.2 Å². The second-order valence-electron chi connectivity index (χ2n) is 4.72. The third-order valence-corrected chi connectivity index (χ3v) is 2.40. The fourth-order valence-corrected chi connectivity index (χ4v) is 1.50. The highest BCUT2D eigenvalue weighted by molar-refractivity contribution is 5.89. The van der Waals surface area contributed by atoms with Crippen LogP contribution in [0.4, 0.5) is 10.5 Å². The van der Waals surface area contributed by atoms with E-state index in [4.69, 9.17) is 0 Å². The molecule has 1 aromatic rings. The van der Waals surface area contributed by atoms with Crippen molar-refractivity contribution in [3.63, 3.8) is 0 Å². The largest absolute Gasteiger partial charge is 0.354 e. The van der Waals surface area contributed by atoms with Gasteiger partial charge in [-0.3, -0.25) is 4.79 Å². The molecule has 5 nitrogen and oxygen atoms in total. The fraction of sp³-hybridized carbons (Fsp3) is 0.429. The normalized spacial score (nSPS) is 10.1. The Kier molecular flexibility index (Phi) is 5.85. The van der Waals surface area contributed by atoms with E-state index in [-0.39, 0.29) is 24.4 Å². The molecule has 0 radical (unpaired) electrons. The minimum absolute atomic E-state index is 0.0642. The Labute approximate surface area is 113 Å². The van der Waals surface area contributed by atoms with Gasteiger partial charge in [0.2, 0.25) is 5.91 Å². The lowest BCUT2D eigenvalue weighted by Gasteiger charge is -2.09. The van der Waals surface area contributed by atoms with Crippen molar-refractivity contribution in [2.45, 2.75) is 33.2 Å². The molecule has 0 spiro atoms. The number of anilines is 1. The van der Waals surface area contributed by atoms with Crippen LogP contribution in [0.15, 0.2) is 24.3 Å². The van der Waals surface area contributed by atoms with E-state index in [1.807, 2.05) is 45.0 Å². The maximum Gasteiger partial charge on any atom is 0.319 e. The number of amides is 3. The van der Waals surface area contributed by atoms with Gasteiger partial charge in [-0.25, -0.2) is 4.79 Å². The van der Waals surface area contributed by atoms with E-state index in [9.17, 15) is 9.59 Å². The van der Waals surface area contributed by atoms with Gasteiger partial charge in [0.1, 0.15) is 0 Å². The lowest BCUT2D eigenvalue weighted by Crippen LogP contribution is -2.35. The number of urea groups is 1. The first kappa shape index (κ1) is 15.0. The Hall–Kier alpha value is -2.04. The SMILES string of the molecule is Cc1ccc(NC(=O)NCCC(=O)NC(C)C)cc1. The van der Waals surface area contributed by atoms with Crippen molar-refractivity contribution in [3.8, 4) is 0 Å². The van der Waals surface area contributed by atoms with Gasteiger partial charge in [-0.1, -0.05) is 17.7 Å². The molecule has 0 aliphatic heterocycles. The zero-order chi connectivity index (χ0) is 14.3. The van der Waals surface area contributed by atoms with Crippen molar-refractivity contribution in [1.29, 1.82) is 0 Å². The highest BCUT2D eigenvalue weighted by Gasteiger charge is 2.05. The van der Waals surface area contributed by atoms with Gasteiger partial charge < -0.3 is 16.0 Å². The number of hydrogen-bond donors (Lipinski definition) is 3. The molecule has 0 heterocycles.